The smallest absolute Gasteiger partial charge is 0.353 e. The molecule has 31 heavy (non-hydrogen) atoms. The summed E-state index contributed by atoms with van der Waals surface area (Å²) in [5, 5.41) is 5.74. The predicted molar refractivity (Wildman–Crippen MR) is 122 cm³/mol. The van der Waals surface area contributed by atoms with Crippen molar-refractivity contribution in [2.24, 2.45) is 5.10 Å². The average molecular weight is 437 g/mol. The molecule has 0 aliphatic heterocycles. The normalized spacial score (nSPS) is 11.8. The first kappa shape index (κ1) is 22.2. The second kappa shape index (κ2) is 11.1. The number of hydrogen-bond acceptors (Lipinski definition) is 6. The van der Waals surface area contributed by atoms with Crippen LogP contribution in [0.25, 0.3) is 0 Å². The van der Waals surface area contributed by atoms with Crippen molar-refractivity contribution in [3.05, 3.63) is 82.0 Å². The third-order valence-corrected chi connectivity index (χ3v) is 5.48. The molecule has 3 aromatic rings. The molecule has 0 fully saturated rings. The minimum atomic E-state index is -0.410. The van der Waals surface area contributed by atoms with E-state index in [4.69, 9.17) is 9.47 Å². The van der Waals surface area contributed by atoms with Crippen LogP contribution in [-0.4, -0.2) is 24.7 Å². The number of hydrogen-bond donors (Lipinski definition) is 1. The zero-order valence-corrected chi connectivity index (χ0v) is 18.2. The van der Waals surface area contributed by atoms with Crippen LogP contribution in [0.5, 0.6) is 11.5 Å². The Hall–Kier alpha value is -3.45. The molecule has 0 saturated carbocycles. The van der Waals surface area contributed by atoms with Gasteiger partial charge in [0.2, 0.25) is 0 Å². The topological polar surface area (TPSA) is 77.0 Å². The minimum Gasteiger partial charge on any atom is -0.484 e. The van der Waals surface area contributed by atoms with E-state index in [-0.39, 0.29) is 12.5 Å². The molecule has 160 valence electrons. The van der Waals surface area contributed by atoms with Gasteiger partial charge in [-0.05, 0) is 59.2 Å². The zero-order chi connectivity index (χ0) is 22.1. The number of rotatable bonds is 9. The number of nitrogens with zero attached hydrogens (tertiary/aromatic N) is 1. The number of esters is 1. The van der Waals surface area contributed by atoms with Gasteiger partial charge in [-0.1, -0.05) is 44.2 Å². The van der Waals surface area contributed by atoms with Gasteiger partial charge in [-0.25, -0.2) is 10.2 Å². The molecule has 0 saturated heterocycles. The molecule has 1 unspecified atom stereocenters. The largest absolute Gasteiger partial charge is 0.484 e. The molecule has 1 N–H and O–H groups in total. The number of ether oxygens (including phenoxy) is 2. The first-order chi connectivity index (χ1) is 15.0. The highest BCUT2D eigenvalue weighted by molar-refractivity contribution is 7.12. The van der Waals surface area contributed by atoms with Gasteiger partial charge in [0.15, 0.2) is 6.61 Å². The maximum atomic E-state index is 12.0. The highest BCUT2D eigenvalue weighted by atomic mass is 32.1. The molecule has 0 aliphatic rings. The van der Waals surface area contributed by atoms with Crippen molar-refractivity contribution < 1.29 is 19.1 Å². The van der Waals surface area contributed by atoms with Crippen molar-refractivity contribution in [3.8, 4) is 11.5 Å². The standard InChI is InChI=1S/C24H24N2O4S/c1-3-17(2)19-9-11-20(12-10-19)29-16-23(27)26-25-15-18-6-4-7-21(14-18)30-24(28)22-8-5-13-31-22/h4-15,17H,3,16H2,1-2H3,(H,26,27)/b25-15+. The van der Waals surface area contributed by atoms with Gasteiger partial charge >= 0.3 is 5.97 Å². The van der Waals surface area contributed by atoms with Crippen molar-refractivity contribution >= 4 is 29.4 Å². The van der Waals surface area contributed by atoms with Crippen LogP contribution in [0.1, 0.15) is 47.0 Å². The van der Waals surface area contributed by atoms with E-state index in [1.165, 1.54) is 23.1 Å². The van der Waals surface area contributed by atoms with Crippen LogP contribution in [0.4, 0.5) is 0 Å². The van der Waals surface area contributed by atoms with Crippen LogP contribution in [0, 0.1) is 0 Å². The highest BCUT2D eigenvalue weighted by Crippen LogP contribution is 2.21. The Kier molecular flexibility index (Phi) is 7.95. The van der Waals surface area contributed by atoms with Crippen LogP contribution < -0.4 is 14.9 Å². The van der Waals surface area contributed by atoms with Crippen LogP contribution in [0.3, 0.4) is 0 Å². The van der Waals surface area contributed by atoms with Gasteiger partial charge in [-0.15, -0.1) is 11.3 Å². The second-order valence-electron chi connectivity index (χ2n) is 6.90. The lowest BCUT2D eigenvalue weighted by atomic mass is 9.99. The van der Waals surface area contributed by atoms with E-state index in [0.717, 1.165) is 6.42 Å². The third kappa shape index (κ3) is 6.79. The summed E-state index contributed by atoms with van der Waals surface area (Å²) in [7, 11) is 0. The van der Waals surface area contributed by atoms with E-state index in [9.17, 15) is 9.59 Å². The number of thiophene rings is 1. The fraction of sp³-hybridized carbons (Fsp3) is 0.208. The van der Waals surface area contributed by atoms with E-state index < -0.39 is 5.97 Å². The quantitative estimate of drug-likeness (QED) is 0.221. The molecule has 6 nitrogen and oxygen atoms in total. The number of carbonyl (C=O) groups is 2. The molecule has 1 amide bonds. The summed E-state index contributed by atoms with van der Waals surface area (Å²) in [6.07, 6.45) is 2.54. The summed E-state index contributed by atoms with van der Waals surface area (Å²) in [6.45, 7) is 4.18. The van der Waals surface area contributed by atoms with E-state index in [2.05, 4.69) is 24.4 Å². The lowest BCUT2D eigenvalue weighted by Crippen LogP contribution is -2.24. The molecular formula is C24H24N2O4S. The van der Waals surface area contributed by atoms with Crippen molar-refractivity contribution in [2.45, 2.75) is 26.2 Å². The van der Waals surface area contributed by atoms with E-state index in [1.807, 2.05) is 29.6 Å². The van der Waals surface area contributed by atoms with Crippen LogP contribution in [0.2, 0.25) is 0 Å². The Morgan fingerprint density at radius 1 is 1.10 bits per heavy atom. The molecule has 3 rings (SSSR count). The lowest BCUT2D eigenvalue weighted by Gasteiger charge is -2.10. The van der Waals surface area contributed by atoms with Gasteiger partial charge in [0.05, 0.1) is 6.21 Å². The van der Waals surface area contributed by atoms with Gasteiger partial charge in [0.1, 0.15) is 16.4 Å². The lowest BCUT2D eigenvalue weighted by molar-refractivity contribution is -0.123. The third-order valence-electron chi connectivity index (χ3n) is 4.63. The van der Waals surface area contributed by atoms with Gasteiger partial charge < -0.3 is 9.47 Å². The fourth-order valence-electron chi connectivity index (χ4n) is 2.70. The second-order valence-corrected chi connectivity index (χ2v) is 7.85. The Morgan fingerprint density at radius 2 is 1.90 bits per heavy atom. The number of amides is 1. The predicted octanol–water partition coefficient (Wildman–Crippen LogP) is 5.01. The Morgan fingerprint density at radius 3 is 2.61 bits per heavy atom. The Bertz CT molecular complexity index is 1030. The first-order valence-electron chi connectivity index (χ1n) is 9.95. The number of carbonyl (C=O) groups excluding carboxylic acids is 2. The molecule has 2 aromatic carbocycles. The molecule has 0 radical (unpaired) electrons. The fourth-order valence-corrected chi connectivity index (χ4v) is 3.30. The monoisotopic (exact) mass is 436 g/mol. The van der Waals surface area contributed by atoms with Crippen molar-refractivity contribution in [2.75, 3.05) is 6.61 Å². The molecule has 7 heteroatoms. The molecule has 0 bridgehead atoms. The van der Waals surface area contributed by atoms with Gasteiger partial charge in [-0.3, -0.25) is 4.79 Å². The van der Waals surface area contributed by atoms with Crippen molar-refractivity contribution in [1.82, 2.24) is 5.43 Å². The number of nitrogens with one attached hydrogen (secondary N) is 1. The molecule has 1 atom stereocenters. The minimum absolute atomic E-state index is 0.140. The van der Waals surface area contributed by atoms with Crippen LogP contribution >= 0.6 is 11.3 Å². The zero-order valence-electron chi connectivity index (χ0n) is 17.4. The van der Waals surface area contributed by atoms with Crippen LogP contribution in [-0.2, 0) is 4.79 Å². The number of hydrazone groups is 1. The molecule has 1 heterocycles. The molecule has 0 aliphatic carbocycles. The van der Waals surface area contributed by atoms with Crippen molar-refractivity contribution in [1.29, 1.82) is 0 Å². The Balaban J connectivity index is 1.46. The van der Waals surface area contributed by atoms with E-state index >= 15 is 0 Å². The van der Waals surface area contributed by atoms with Gasteiger partial charge in [0, 0.05) is 0 Å². The molecule has 1 aromatic heterocycles. The van der Waals surface area contributed by atoms with Gasteiger partial charge in [-0.2, -0.15) is 5.10 Å². The van der Waals surface area contributed by atoms with Crippen molar-refractivity contribution in [3.63, 3.8) is 0 Å². The molecule has 0 spiro atoms. The van der Waals surface area contributed by atoms with Gasteiger partial charge in [0.25, 0.3) is 5.91 Å². The summed E-state index contributed by atoms with van der Waals surface area (Å²) in [6, 6.07) is 18.1. The summed E-state index contributed by atoms with van der Waals surface area (Å²) < 4.78 is 10.8. The highest BCUT2D eigenvalue weighted by Gasteiger charge is 2.09. The van der Waals surface area contributed by atoms with E-state index in [0.29, 0.717) is 27.9 Å². The summed E-state index contributed by atoms with van der Waals surface area (Å²) in [5.74, 6) is 0.739. The Labute approximate surface area is 185 Å². The number of benzene rings is 2. The maximum absolute atomic E-state index is 12.0. The summed E-state index contributed by atoms with van der Waals surface area (Å²) >= 11 is 1.32. The molecular weight excluding hydrogens is 412 g/mol. The van der Waals surface area contributed by atoms with E-state index in [1.54, 1.807) is 36.4 Å². The summed E-state index contributed by atoms with van der Waals surface area (Å²) in [4.78, 5) is 24.5. The average Bonchev–Trinajstić information content (AvgIpc) is 3.33. The SMILES string of the molecule is CCC(C)c1ccc(OCC(=O)N/N=C/c2cccc(OC(=O)c3cccs3)c2)cc1. The van der Waals surface area contributed by atoms with Crippen LogP contribution in [0.15, 0.2) is 71.1 Å². The first-order valence-corrected chi connectivity index (χ1v) is 10.8. The summed E-state index contributed by atoms with van der Waals surface area (Å²) in [5.41, 5.74) is 4.34. The maximum Gasteiger partial charge on any atom is 0.353 e.